The van der Waals surface area contributed by atoms with Crippen LogP contribution in [0.2, 0.25) is 0 Å². The normalized spacial score (nSPS) is 10.2. The highest BCUT2D eigenvalue weighted by Gasteiger charge is 2.04. The van der Waals surface area contributed by atoms with Crippen molar-refractivity contribution in [2.45, 2.75) is 20.3 Å². The van der Waals surface area contributed by atoms with E-state index in [0.717, 1.165) is 28.7 Å². The van der Waals surface area contributed by atoms with Gasteiger partial charge in [-0.3, -0.25) is 4.79 Å². The van der Waals surface area contributed by atoms with E-state index in [1.54, 1.807) is 0 Å². The number of amides is 1. The molecule has 0 aliphatic rings. The van der Waals surface area contributed by atoms with Crippen LogP contribution in [0.5, 0.6) is 0 Å². The third-order valence-corrected chi connectivity index (χ3v) is 2.68. The Labute approximate surface area is 105 Å². The van der Waals surface area contributed by atoms with Gasteiger partial charge in [-0.15, -0.1) is 0 Å². The fraction of sp³-hybridized carbons (Fsp3) is 0.417. The van der Waals surface area contributed by atoms with Gasteiger partial charge >= 0.3 is 0 Å². The smallest absolute Gasteiger partial charge is 0.238 e. The molecule has 0 unspecified atom stereocenters. The maximum Gasteiger partial charge on any atom is 0.238 e. The zero-order valence-electron chi connectivity index (χ0n) is 9.64. The molecule has 1 amide bonds. The Hall–Kier alpha value is -0.870. The summed E-state index contributed by atoms with van der Waals surface area (Å²) < 4.78 is 0.968. The quantitative estimate of drug-likeness (QED) is 0.817. The Balaban J connectivity index is 2.52. The van der Waals surface area contributed by atoms with E-state index in [4.69, 9.17) is 0 Å². The topological polar surface area (TPSA) is 41.1 Å². The minimum Gasteiger partial charge on any atom is -0.325 e. The van der Waals surface area contributed by atoms with Gasteiger partial charge < -0.3 is 10.6 Å². The first-order valence-electron chi connectivity index (χ1n) is 5.40. The van der Waals surface area contributed by atoms with Gasteiger partial charge in [-0.05, 0) is 37.6 Å². The molecule has 1 aromatic carbocycles. The van der Waals surface area contributed by atoms with Gasteiger partial charge in [0.15, 0.2) is 0 Å². The first-order valence-corrected chi connectivity index (χ1v) is 6.19. The molecule has 0 atom stereocenters. The van der Waals surface area contributed by atoms with E-state index < -0.39 is 0 Å². The molecule has 0 fully saturated rings. The third-order valence-electron chi connectivity index (χ3n) is 2.19. The molecule has 88 valence electrons. The van der Waals surface area contributed by atoms with E-state index in [-0.39, 0.29) is 5.91 Å². The van der Waals surface area contributed by atoms with Crippen molar-refractivity contribution in [2.24, 2.45) is 0 Å². The minimum absolute atomic E-state index is 0.00495. The highest BCUT2D eigenvalue weighted by atomic mass is 79.9. The van der Waals surface area contributed by atoms with Crippen molar-refractivity contribution in [1.29, 1.82) is 0 Å². The van der Waals surface area contributed by atoms with E-state index in [0.29, 0.717) is 6.54 Å². The molecule has 0 aliphatic heterocycles. The Morgan fingerprint density at radius 2 is 2.19 bits per heavy atom. The predicted molar refractivity (Wildman–Crippen MR) is 70.7 cm³/mol. The second-order valence-electron chi connectivity index (χ2n) is 3.68. The van der Waals surface area contributed by atoms with Crippen molar-refractivity contribution in [3.8, 4) is 0 Å². The number of hydrogen-bond donors (Lipinski definition) is 2. The molecule has 1 aromatic rings. The third kappa shape index (κ3) is 4.33. The predicted octanol–water partition coefficient (Wildman–Crippen LogP) is 2.70. The van der Waals surface area contributed by atoms with E-state index in [9.17, 15) is 4.79 Å². The molecule has 0 heterocycles. The second kappa shape index (κ2) is 6.66. The fourth-order valence-corrected chi connectivity index (χ4v) is 1.66. The van der Waals surface area contributed by atoms with Gasteiger partial charge in [0, 0.05) is 10.2 Å². The highest BCUT2D eigenvalue weighted by Crippen LogP contribution is 2.20. The number of hydrogen-bond acceptors (Lipinski definition) is 2. The van der Waals surface area contributed by atoms with Crippen LogP contribution in [0.15, 0.2) is 22.7 Å². The number of aryl methyl sites for hydroxylation is 1. The first kappa shape index (κ1) is 13.2. The molecule has 0 aliphatic carbocycles. The summed E-state index contributed by atoms with van der Waals surface area (Å²) in [5, 5.41) is 5.94. The lowest BCUT2D eigenvalue weighted by Gasteiger charge is -2.09. The summed E-state index contributed by atoms with van der Waals surface area (Å²) in [5.74, 6) is -0.00495. The van der Waals surface area contributed by atoms with Crippen LogP contribution in [0.4, 0.5) is 5.69 Å². The summed E-state index contributed by atoms with van der Waals surface area (Å²) >= 11 is 3.38. The SMILES string of the molecule is CCCNCC(=O)Nc1cc(Br)ccc1C. The Kier molecular flexibility index (Phi) is 5.49. The zero-order valence-corrected chi connectivity index (χ0v) is 11.2. The Morgan fingerprint density at radius 1 is 1.44 bits per heavy atom. The molecular formula is C12H17BrN2O. The van der Waals surface area contributed by atoms with Gasteiger partial charge in [-0.25, -0.2) is 0 Å². The first-order chi connectivity index (χ1) is 7.63. The average Bonchev–Trinajstić information content (AvgIpc) is 2.24. The van der Waals surface area contributed by atoms with Crippen LogP contribution in [-0.2, 0) is 4.79 Å². The van der Waals surface area contributed by atoms with Crippen LogP contribution >= 0.6 is 15.9 Å². The maximum atomic E-state index is 11.6. The molecule has 1 rings (SSSR count). The number of carbonyl (C=O) groups is 1. The average molecular weight is 285 g/mol. The fourth-order valence-electron chi connectivity index (χ4n) is 1.30. The summed E-state index contributed by atoms with van der Waals surface area (Å²) in [7, 11) is 0. The van der Waals surface area contributed by atoms with Crippen molar-refractivity contribution < 1.29 is 4.79 Å². The molecule has 0 saturated heterocycles. The molecule has 0 radical (unpaired) electrons. The summed E-state index contributed by atoms with van der Waals surface area (Å²) in [5.41, 5.74) is 1.92. The zero-order chi connectivity index (χ0) is 12.0. The van der Waals surface area contributed by atoms with Gasteiger partial charge in [0.05, 0.1) is 6.54 Å². The van der Waals surface area contributed by atoms with Gasteiger partial charge in [0.2, 0.25) is 5.91 Å². The largest absolute Gasteiger partial charge is 0.325 e. The molecular weight excluding hydrogens is 268 g/mol. The monoisotopic (exact) mass is 284 g/mol. The van der Waals surface area contributed by atoms with Crippen molar-refractivity contribution in [1.82, 2.24) is 5.32 Å². The summed E-state index contributed by atoms with van der Waals surface area (Å²) in [6.07, 6.45) is 1.03. The van der Waals surface area contributed by atoms with Crippen LogP contribution in [0.25, 0.3) is 0 Å². The van der Waals surface area contributed by atoms with Crippen molar-refractivity contribution in [3.05, 3.63) is 28.2 Å². The minimum atomic E-state index is -0.00495. The van der Waals surface area contributed by atoms with Crippen LogP contribution in [0.1, 0.15) is 18.9 Å². The number of benzene rings is 1. The lowest BCUT2D eigenvalue weighted by Crippen LogP contribution is -2.28. The van der Waals surface area contributed by atoms with Gasteiger partial charge in [0.1, 0.15) is 0 Å². The Bertz CT molecular complexity index is 366. The van der Waals surface area contributed by atoms with E-state index in [1.807, 2.05) is 25.1 Å². The van der Waals surface area contributed by atoms with E-state index in [1.165, 1.54) is 0 Å². The number of carbonyl (C=O) groups excluding carboxylic acids is 1. The van der Waals surface area contributed by atoms with Crippen molar-refractivity contribution in [3.63, 3.8) is 0 Å². The van der Waals surface area contributed by atoms with Crippen LogP contribution in [0, 0.1) is 6.92 Å². The number of anilines is 1. The Morgan fingerprint density at radius 3 is 2.88 bits per heavy atom. The van der Waals surface area contributed by atoms with Crippen molar-refractivity contribution >= 4 is 27.5 Å². The lowest BCUT2D eigenvalue weighted by molar-refractivity contribution is -0.115. The molecule has 0 bridgehead atoms. The molecule has 0 saturated carbocycles. The number of nitrogens with one attached hydrogen (secondary N) is 2. The number of halogens is 1. The van der Waals surface area contributed by atoms with Gasteiger partial charge in [-0.1, -0.05) is 28.9 Å². The summed E-state index contributed by atoms with van der Waals surface area (Å²) in [6.45, 7) is 5.27. The van der Waals surface area contributed by atoms with Gasteiger partial charge in [0.25, 0.3) is 0 Å². The van der Waals surface area contributed by atoms with Gasteiger partial charge in [-0.2, -0.15) is 0 Å². The highest BCUT2D eigenvalue weighted by molar-refractivity contribution is 9.10. The standard InChI is InChI=1S/C12H17BrN2O/c1-3-6-14-8-12(16)15-11-7-10(13)5-4-9(11)2/h4-5,7,14H,3,6,8H2,1-2H3,(H,15,16). The molecule has 0 aromatic heterocycles. The summed E-state index contributed by atoms with van der Waals surface area (Å²) in [4.78, 5) is 11.6. The number of rotatable bonds is 5. The maximum absolute atomic E-state index is 11.6. The molecule has 2 N–H and O–H groups in total. The molecule has 3 nitrogen and oxygen atoms in total. The van der Waals surface area contributed by atoms with Crippen LogP contribution in [-0.4, -0.2) is 19.0 Å². The lowest BCUT2D eigenvalue weighted by atomic mass is 10.2. The van der Waals surface area contributed by atoms with Crippen LogP contribution in [0.3, 0.4) is 0 Å². The second-order valence-corrected chi connectivity index (χ2v) is 4.60. The molecule has 16 heavy (non-hydrogen) atoms. The molecule has 4 heteroatoms. The van der Waals surface area contributed by atoms with Crippen molar-refractivity contribution in [2.75, 3.05) is 18.4 Å². The summed E-state index contributed by atoms with van der Waals surface area (Å²) in [6, 6.07) is 5.84. The molecule has 0 spiro atoms. The van der Waals surface area contributed by atoms with E-state index >= 15 is 0 Å². The van der Waals surface area contributed by atoms with E-state index in [2.05, 4.69) is 33.5 Å². The van der Waals surface area contributed by atoms with Crippen LogP contribution < -0.4 is 10.6 Å².